The molecule has 0 aliphatic heterocycles. The van der Waals surface area contributed by atoms with Crippen molar-refractivity contribution in [3.63, 3.8) is 0 Å². The Bertz CT molecular complexity index is 1020. The van der Waals surface area contributed by atoms with Gasteiger partial charge in [0.1, 0.15) is 17.5 Å². The summed E-state index contributed by atoms with van der Waals surface area (Å²) in [6, 6.07) is 12.7. The highest BCUT2D eigenvalue weighted by Gasteiger charge is 2.18. The SMILES string of the molecule is COc1ccc(-c2cn(-c3ccc(Cl)cc3Cl)c(N)c2C#N)cc1OC. The largest absolute Gasteiger partial charge is 0.493 e. The van der Waals surface area contributed by atoms with E-state index in [9.17, 15) is 5.26 Å². The second-order valence-corrected chi connectivity index (χ2v) is 6.29. The Morgan fingerprint density at radius 3 is 2.38 bits per heavy atom. The van der Waals surface area contributed by atoms with E-state index in [1.807, 2.05) is 6.07 Å². The van der Waals surface area contributed by atoms with Gasteiger partial charge in [-0.1, -0.05) is 29.3 Å². The summed E-state index contributed by atoms with van der Waals surface area (Å²) in [7, 11) is 3.12. The molecular weight excluding hydrogens is 373 g/mol. The Labute approximate surface area is 161 Å². The standard InChI is InChI=1S/C19H15Cl2N3O2/c1-25-17-6-3-11(7-18(17)26-2)14-10-24(19(23)13(14)9-22)16-5-4-12(20)8-15(16)21/h3-8,10H,23H2,1-2H3. The van der Waals surface area contributed by atoms with Gasteiger partial charge < -0.3 is 19.8 Å². The first kappa shape index (κ1) is 18.0. The quantitative estimate of drug-likeness (QED) is 0.688. The van der Waals surface area contributed by atoms with Crippen molar-refractivity contribution in [3.8, 4) is 34.4 Å². The lowest BCUT2D eigenvalue weighted by atomic mass is 10.0. The highest BCUT2D eigenvalue weighted by atomic mass is 35.5. The van der Waals surface area contributed by atoms with E-state index in [0.717, 1.165) is 5.56 Å². The number of aromatic nitrogens is 1. The molecule has 0 saturated heterocycles. The lowest BCUT2D eigenvalue weighted by molar-refractivity contribution is 0.355. The summed E-state index contributed by atoms with van der Waals surface area (Å²) >= 11 is 12.3. The molecule has 5 nitrogen and oxygen atoms in total. The molecule has 0 radical (unpaired) electrons. The Morgan fingerprint density at radius 2 is 1.77 bits per heavy atom. The lowest BCUT2D eigenvalue weighted by Gasteiger charge is -2.09. The van der Waals surface area contributed by atoms with Crippen molar-refractivity contribution >= 4 is 29.0 Å². The first-order valence-corrected chi connectivity index (χ1v) is 8.34. The average molecular weight is 388 g/mol. The number of nitrogen functional groups attached to an aromatic ring is 1. The summed E-state index contributed by atoms with van der Waals surface area (Å²) in [6.45, 7) is 0. The van der Waals surface area contributed by atoms with Crippen LogP contribution in [-0.4, -0.2) is 18.8 Å². The fourth-order valence-corrected chi connectivity index (χ4v) is 3.24. The van der Waals surface area contributed by atoms with Gasteiger partial charge in [-0.3, -0.25) is 0 Å². The number of methoxy groups -OCH3 is 2. The molecule has 0 saturated carbocycles. The predicted octanol–water partition coefficient (Wildman–Crippen LogP) is 4.92. The highest BCUT2D eigenvalue weighted by Crippen LogP contribution is 2.38. The van der Waals surface area contributed by atoms with E-state index in [0.29, 0.717) is 44.2 Å². The number of nitriles is 1. The van der Waals surface area contributed by atoms with Crippen LogP contribution in [0.1, 0.15) is 5.56 Å². The topological polar surface area (TPSA) is 73.2 Å². The Hall–Kier alpha value is -2.81. The third-order valence-corrected chi connectivity index (χ3v) is 4.56. The minimum atomic E-state index is 0.293. The minimum Gasteiger partial charge on any atom is -0.493 e. The van der Waals surface area contributed by atoms with Crippen LogP contribution in [0.5, 0.6) is 11.5 Å². The van der Waals surface area contributed by atoms with Gasteiger partial charge in [0.2, 0.25) is 0 Å². The van der Waals surface area contributed by atoms with Crippen LogP contribution in [0, 0.1) is 11.3 Å². The number of hydrogen-bond acceptors (Lipinski definition) is 4. The molecule has 0 amide bonds. The molecule has 0 aliphatic carbocycles. The molecule has 1 aromatic heterocycles. The summed E-state index contributed by atoms with van der Waals surface area (Å²) in [5, 5.41) is 10.6. The maximum atomic E-state index is 9.61. The fourth-order valence-electron chi connectivity index (χ4n) is 2.74. The Kier molecular flexibility index (Phi) is 4.99. The normalized spacial score (nSPS) is 10.4. The average Bonchev–Trinajstić information content (AvgIpc) is 2.97. The maximum absolute atomic E-state index is 9.61. The summed E-state index contributed by atoms with van der Waals surface area (Å²) in [6.07, 6.45) is 1.77. The predicted molar refractivity (Wildman–Crippen MR) is 103 cm³/mol. The van der Waals surface area contributed by atoms with Crippen LogP contribution >= 0.6 is 23.2 Å². The number of rotatable bonds is 4. The van der Waals surface area contributed by atoms with Crippen LogP contribution < -0.4 is 15.2 Å². The molecule has 7 heteroatoms. The molecule has 3 rings (SSSR count). The van der Waals surface area contributed by atoms with Crippen molar-refractivity contribution in [2.45, 2.75) is 0 Å². The molecule has 0 bridgehead atoms. The lowest BCUT2D eigenvalue weighted by Crippen LogP contribution is -2.00. The molecule has 0 fully saturated rings. The summed E-state index contributed by atoms with van der Waals surface area (Å²) < 4.78 is 12.3. The minimum absolute atomic E-state index is 0.293. The van der Waals surface area contributed by atoms with E-state index in [4.69, 9.17) is 38.4 Å². The van der Waals surface area contributed by atoms with E-state index in [1.165, 1.54) is 0 Å². The molecule has 0 unspecified atom stereocenters. The van der Waals surface area contributed by atoms with Crippen molar-refractivity contribution in [2.24, 2.45) is 0 Å². The first-order valence-electron chi connectivity index (χ1n) is 7.59. The monoisotopic (exact) mass is 387 g/mol. The number of nitrogens with zero attached hydrogens (tertiary/aromatic N) is 2. The zero-order valence-corrected chi connectivity index (χ0v) is 15.6. The Morgan fingerprint density at radius 1 is 1.04 bits per heavy atom. The number of benzene rings is 2. The molecule has 2 aromatic carbocycles. The zero-order chi connectivity index (χ0) is 18.8. The van der Waals surface area contributed by atoms with Gasteiger partial charge in [-0.2, -0.15) is 5.26 Å². The third-order valence-electron chi connectivity index (χ3n) is 4.02. The molecular formula is C19H15Cl2N3O2. The van der Waals surface area contributed by atoms with Gasteiger partial charge in [-0.25, -0.2) is 0 Å². The third kappa shape index (κ3) is 3.05. The molecule has 2 N–H and O–H groups in total. The zero-order valence-electron chi connectivity index (χ0n) is 14.1. The summed E-state index contributed by atoms with van der Waals surface area (Å²) in [5.41, 5.74) is 8.63. The van der Waals surface area contributed by atoms with Gasteiger partial charge in [0.05, 0.1) is 24.9 Å². The van der Waals surface area contributed by atoms with E-state index < -0.39 is 0 Å². The number of halogens is 2. The van der Waals surface area contributed by atoms with Gasteiger partial charge in [-0.15, -0.1) is 0 Å². The molecule has 0 aliphatic rings. The number of nitrogens with two attached hydrogens (primary N) is 1. The molecule has 1 heterocycles. The van der Waals surface area contributed by atoms with Crippen molar-refractivity contribution in [3.05, 3.63) is 58.2 Å². The fraction of sp³-hybridized carbons (Fsp3) is 0.105. The molecule has 132 valence electrons. The highest BCUT2D eigenvalue weighted by molar-refractivity contribution is 6.35. The molecule has 0 spiro atoms. The molecule has 3 aromatic rings. The van der Waals surface area contributed by atoms with Gasteiger partial charge in [-0.05, 0) is 35.9 Å². The second kappa shape index (κ2) is 7.20. The van der Waals surface area contributed by atoms with Crippen LogP contribution in [0.25, 0.3) is 16.8 Å². The number of hydrogen-bond donors (Lipinski definition) is 1. The van der Waals surface area contributed by atoms with E-state index in [-0.39, 0.29) is 0 Å². The van der Waals surface area contributed by atoms with Crippen LogP contribution in [0.2, 0.25) is 10.0 Å². The van der Waals surface area contributed by atoms with Gasteiger partial charge in [0.15, 0.2) is 11.5 Å². The molecule has 26 heavy (non-hydrogen) atoms. The van der Waals surface area contributed by atoms with E-state index in [2.05, 4.69) is 6.07 Å². The van der Waals surface area contributed by atoms with Crippen molar-refractivity contribution in [1.29, 1.82) is 5.26 Å². The number of anilines is 1. The van der Waals surface area contributed by atoms with Crippen molar-refractivity contribution in [1.82, 2.24) is 4.57 Å². The number of ether oxygens (including phenoxy) is 2. The smallest absolute Gasteiger partial charge is 0.161 e. The first-order chi connectivity index (χ1) is 12.5. The summed E-state index contributed by atoms with van der Waals surface area (Å²) in [5.74, 6) is 1.45. The molecule has 0 atom stereocenters. The van der Waals surface area contributed by atoms with Crippen LogP contribution in [0.3, 0.4) is 0 Å². The van der Waals surface area contributed by atoms with Crippen molar-refractivity contribution in [2.75, 3.05) is 20.0 Å². The van der Waals surface area contributed by atoms with E-state index >= 15 is 0 Å². The van der Waals surface area contributed by atoms with Crippen molar-refractivity contribution < 1.29 is 9.47 Å². The second-order valence-electron chi connectivity index (χ2n) is 5.45. The summed E-state index contributed by atoms with van der Waals surface area (Å²) in [4.78, 5) is 0. The van der Waals surface area contributed by atoms with Gasteiger partial charge in [0, 0.05) is 16.8 Å². The van der Waals surface area contributed by atoms with Crippen LogP contribution in [-0.2, 0) is 0 Å². The van der Waals surface area contributed by atoms with Gasteiger partial charge in [0.25, 0.3) is 0 Å². The van der Waals surface area contributed by atoms with Gasteiger partial charge >= 0.3 is 0 Å². The van der Waals surface area contributed by atoms with Crippen LogP contribution in [0.4, 0.5) is 5.82 Å². The maximum Gasteiger partial charge on any atom is 0.161 e. The van der Waals surface area contributed by atoms with Crippen LogP contribution in [0.15, 0.2) is 42.6 Å². The van der Waals surface area contributed by atoms with E-state index in [1.54, 1.807) is 55.3 Å². The Balaban J connectivity index is 2.20.